The molecular weight excluding hydrogens is 210 g/mol. The number of hydrogen-bond acceptors (Lipinski definition) is 3. The summed E-state index contributed by atoms with van der Waals surface area (Å²) in [5.74, 6) is 0. The van der Waals surface area contributed by atoms with Gasteiger partial charge >= 0.3 is 0 Å². The molecule has 1 aromatic rings. The van der Waals surface area contributed by atoms with Crippen LogP contribution in [-0.2, 0) is 0 Å². The molecule has 17 heavy (non-hydrogen) atoms. The standard InChI is InChI=1S/C14H19N3/c1-2-12-5-3-4-8-17(12)13-7-6-11(10-15)14(16)9-13/h6-7,9,12H,2-5,8,16H2,1H3. The van der Waals surface area contributed by atoms with Crippen molar-refractivity contribution in [2.75, 3.05) is 17.2 Å². The summed E-state index contributed by atoms with van der Waals surface area (Å²) in [4.78, 5) is 2.43. The van der Waals surface area contributed by atoms with Gasteiger partial charge in [0.15, 0.2) is 0 Å². The lowest BCUT2D eigenvalue weighted by Gasteiger charge is -2.37. The van der Waals surface area contributed by atoms with E-state index in [4.69, 9.17) is 11.0 Å². The van der Waals surface area contributed by atoms with E-state index in [9.17, 15) is 0 Å². The van der Waals surface area contributed by atoms with Gasteiger partial charge in [-0.15, -0.1) is 0 Å². The molecule has 1 unspecified atom stereocenters. The van der Waals surface area contributed by atoms with E-state index in [0.717, 1.165) is 12.2 Å². The van der Waals surface area contributed by atoms with Crippen LogP contribution in [0.2, 0.25) is 0 Å². The summed E-state index contributed by atoms with van der Waals surface area (Å²) in [5, 5.41) is 8.87. The Bertz CT molecular complexity index is 434. The van der Waals surface area contributed by atoms with E-state index in [1.54, 1.807) is 0 Å². The Morgan fingerprint density at radius 2 is 2.29 bits per heavy atom. The lowest BCUT2D eigenvalue weighted by molar-refractivity contribution is 0.450. The zero-order chi connectivity index (χ0) is 12.3. The lowest BCUT2D eigenvalue weighted by Crippen LogP contribution is -2.39. The highest BCUT2D eigenvalue weighted by Crippen LogP contribution is 2.28. The number of rotatable bonds is 2. The van der Waals surface area contributed by atoms with E-state index >= 15 is 0 Å². The molecule has 90 valence electrons. The van der Waals surface area contributed by atoms with Crippen LogP contribution < -0.4 is 10.6 Å². The average Bonchev–Trinajstić information content (AvgIpc) is 2.38. The van der Waals surface area contributed by atoms with E-state index in [0.29, 0.717) is 17.3 Å². The third-order valence-corrected chi connectivity index (χ3v) is 3.59. The van der Waals surface area contributed by atoms with E-state index in [1.165, 1.54) is 25.7 Å². The summed E-state index contributed by atoms with van der Waals surface area (Å²) in [6.45, 7) is 3.33. The van der Waals surface area contributed by atoms with Crippen molar-refractivity contribution in [3.8, 4) is 6.07 Å². The number of nitrogens with two attached hydrogens (primary N) is 1. The minimum Gasteiger partial charge on any atom is -0.398 e. The van der Waals surface area contributed by atoms with Crippen LogP contribution in [0.15, 0.2) is 18.2 Å². The number of nitrogen functional groups attached to an aromatic ring is 1. The second-order valence-corrected chi connectivity index (χ2v) is 4.63. The normalized spacial score (nSPS) is 20.0. The number of hydrogen-bond donors (Lipinski definition) is 1. The van der Waals surface area contributed by atoms with Gasteiger partial charge in [0.25, 0.3) is 0 Å². The van der Waals surface area contributed by atoms with Crippen LogP contribution >= 0.6 is 0 Å². The Hall–Kier alpha value is -1.69. The molecule has 3 nitrogen and oxygen atoms in total. The first-order valence-corrected chi connectivity index (χ1v) is 6.32. The number of benzene rings is 1. The predicted octanol–water partition coefficient (Wildman–Crippen LogP) is 2.91. The SMILES string of the molecule is CCC1CCCCN1c1ccc(C#N)c(N)c1. The fourth-order valence-electron chi connectivity index (χ4n) is 2.60. The first kappa shape index (κ1) is 11.8. The van der Waals surface area contributed by atoms with Crippen LogP contribution in [0.5, 0.6) is 0 Å². The molecule has 0 aromatic heterocycles. The van der Waals surface area contributed by atoms with Crippen molar-refractivity contribution in [3.63, 3.8) is 0 Å². The molecule has 1 heterocycles. The molecule has 0 spiro atoms. The van der Waals surface area contributed by atoms with Gasteiger partial charge in [-0.05, 0) is 43.9 Å². The summed E-state index contributed by atoms with van der Waals surface area (Å²) in [6, 6.07) is 8.51. The fourth-order valence-corrected chi connectivity index (χ4v) is 2.60. The minimum absolute atomic E-state index is 0.568. The third-order valence-electron chi connectivity index (χ3n) is 3.59. The van der Waals surface area contributed by atoms with Crippen molar-refractivity contribution in [1.82, 2.24) is 0 Å². The highest BCUT2D eigenvalue weighted by Gasteiger charge is 2.21. The van der Waals surface area contributed by atoms with Crippen molar-refractivity contribution >= 4 is 11.4 Å². The largest absolute Gasteiger partial charge is 0.398 e. The molecule has 0 bridgehead atoms. The zero-order valence-electron chi connectivity index (χ0n) is 10.3. The van der Waals surface area contributed by atoms with Crippen LogP contribution in [0.4, 0.5) is 11.4 Å². The topological polar surface area (TPSA) is 53.0 Å². The van der Waals surface area contributed by atoms with E-state index in [1.807, 2.05) is 18.2 Å². The van der Waals surface area contributed by atoms with E-state index < -0.39 is 0 Å². The first-order valence-electron chi connectivity index (χ1n) is 6.32. The van der Waals surface area contributed by atoms with Gasteiger partial charge in [-0.2, -0.15) is 5.26 Å². The van der Waals surface area contributed by atoms with Crippen LogP contribution in [0, 0.1) is 11.3 Å². The van der Waals surface area contributed by atoms with E-state index in [-0.39, 0.29) is 0 Å². The van der Waals surface area contributed by atoms with Crippen molar-refractivity contribution in [3.05, 3.63) is 23.8 Å². The molecule has 1 aliphatic rings. The molecule has 1 saturated heterocycles. The summed E-state index contributed by atoms with van der Waals surface area (Å²) < 4.78 is 0. The lowest BCUT2D eigenvalue weighted by atomic mass is 9.99. The monoisotopic (exact) mass is 229 g/mol. The highest BCUT2D eigenvalue weighted by atomic mass is 15.2. The number of anilines is 2. The Labute approximate surface area is 103 Å². The fraction of sp³-hybridized carbons (Fsp3) is 0.500. The molecule has 1 aromatic carbocycles. The quantitative estimate of drug-likeness (QED) is 0.793. The molecule has 0 saturated carbocycles. The molecule has 0 amide bonds. The maximum Gasteiger partial charge on any atom is 0.101 e. The number of nitrogens with zero attached hydrogens (tertiary/aromatic N) is 2. The zero-order valence-corrected chi connectivity index (χ0v) is 10.3. The van der Waals surface area contributed by atoms with Gasteiger partial charge < -0.3 is 10.6 Å². The summed E-state index contributed by atoms with van der Waals surface area (Å²) >= 11 is 0. The van der Waals surface area contributed by atoms with Gasteiger partial charge in [0, 0.05) is 18.3 Å². The van der Waals surface area contributed by atoms with Crippen LogP contribution in [0.1, 0.15) is 38.2 Å². The van der Waals surface area contributed by atoms with Gasteiger partial charge in [0.2, 0.25) is 0 Å². The maximum atomic E-state index is 8.87. The molecule has 0 radical (unpaired) electrons. The van der Waals surface area contributed by atoms with Crippen molar-refractivity contribution in [2.45, 2.75) is 38.6 Å². The summed E-state index contributed by atoms with van der Waals surface area (Å²) in [6.07, 6.45) is 4.99. The van der Waals surface area contributed by atoms with Crippen LogP contribution in [-0.4, -0.2) is 12.6 Å². The maximum absolute atomic E-state index is 8.87. The van der Waals surface area contributed by atoms with E-state index in [2.05, 4.69) is 17.9 Å². The smallest absolute Gasteiger partial charge is 0.101 e. The number of nitriles is 1. The Morgan fingerprint density at radius 1 is 1.47 bits per heavy atom. The Kier molecular flexibility index (Phi) is 3.53. The van der Waals surface area contributed by atoms with Gasteiger partial charge in [0.05, 0.1) is 11.3 Å². The van der Waals surface area contributed by atoms with Gasteiger partial charge in [-0.1, -0.05) is 6.92 Å². The van der Waals surface area contributed by atoms with Crippen LogP contribution in [0.25, 0.3) is 0 Å². The molecule has 2 rings (SSSR count). The third kappa shape index (κ3) is 2.36. The first-order chi connectivity index (χ1) is 8.26. The second kappa shape index (κ2) is 5.09. The molecule has 2 N–H and O–H groups in total. The predicted molar refractivity (Wildman–Crippen MR) is 70.8 cm³/mol. The summed E-state index contributed by atoms with van der Waals surface area (Å²) in [7, 11) is 0. The molecule has 1 aliphatic heterocycles. The highest BCUT2D eigenvalue weighted by molar-refractivity contribution is 5.64. The second-order valence-electron chi connectivity index (χ2n) is 4.63. The number of piperidine rings is 1. The van der Waals surface area contributed by atoms with Crippen LogP contribution in [0.3, 0.4) is 0 Å². The van der Waals surface area contributed by atoms with Crippen molar-refractivity contribution < 1.29 is 0 Å². The molecule has 1 atom stereocenters. The van der Waals surface area contributed by atoms with Crippen molar-refractivity contribution in [1.29, 1.82) is 5.26 Å². The molecule has 1 fully saturated rings. The van der Waals surface area contributed by atoms with Gasteiger partial charge in [-0.25, -0.2) is 0 Å². The molecular formula is C14H19N3. The Morgan fingerprint density at radius 3 is 2.94 bits per heavy atom. The van der Waals surface area contributed by atoms with Gasteiger partial charge in [0.1, 0.15) is 6.07 Å². The summed E-state index contributed by atoms with van der Waals surface area (Å²) in [5.41, 5.74) is 8.19. The molecule has 0 aliphatic carbocycles. The molecule has 3 heteroatoms. The minimum atomic E-state index is 0.568. The average molecular weight is 229 g/mol. The Balaban J connectivity index is 2.26. The van der Waals surface area contributed by atoms with Crippen molar-refractivity contribution in [2.24, 2.45) is 0 Å². The van der Waals surface area contributed by atoms with Gasteiger partial charge in [-0.3, -0.25) is 0 Å².